The molecule has 0 saturated carbocycles. The Morgan fingerprint density at radius 2 is 2.00 bits per heavy atom. The van der Waals surface area contributed by atoms with Crippen LogP contribution in [0, 0.1) is 5.82 Å². The fourth-order valence-electron chi connectivity index (χ4n) is 3.71. The first-order valence-electron chi connectivity index (χ1n) is 10.1. The lowest BCUT2D eigenvalue weighted by atomic mass is 9.86. The smallest absolute Gasteiger partial charge is 0.257 e. The molecule has 1 atom stereocenters. The summed E-state index contributed by atoms with van der Waals surface area (Å²) >= 11 is 1.19. The van der Waals surface area contributed by atoms with E-state index in [-0.39, 0.29) is 35.3 Å². The van der Waals surface area contributed by atoms with Crippen LogP contribution in [0.4, 0.5) is 10.2 Å². The average molecular weight is 456 g/mol. The van der Waals surface area contributed by atoms with E-state index in [4.69, 9.17) is 9.47 Å². The lowest BCUT2D eigenvalue weighted by molar-refractivity contribution is -0.116. The summed E-state index contributed by atoms with van der Waals surface area (Å²) in [7, 11) is 1.54. The van der Waals surface area contributed by atoms with Crippen molar-refractivity contribution in [2.45, 2.75) is 30.2 Å². The van der Waals surface area contributed by atoms with Gasteiger partial charge in [0.2, 0.25) is 5.91 Å². The summed E-state index contributed by atoms with van der Waals surface area (Å²) in [6.45, 7) is 2.25. The molecule has 2 N–H and O–H groups in total. The normalized spacial score (nSPS) is 15.1. The number of nitrogens with one attached hydrogen (secondary N) is 2. The van der Waals surface area contributed by atoms with E-state index in [1.165, 1.54) is 24.9 Å². The molecule has 9 heteroatoms. The maximum absolute atomic E-state index is 13.9. The van der Waals surface area contributed by atoms with Crippen LogP contribution >= 0.6 is 11.8 Å². The van der Waals surface area contributed by atoms with E-state index in [2.05, 4.69) is 15.3 Å². The van der Waals surface area contributed by atoms with Gasteiger partial charge in [-0.25, -0.2) is 9.37 Å². The fourth-order valence-corrected chi connectivity index (χ4v) is 4.56. The number of carbonyl (C=O) groups is 1. The number of para-hydroxylation sites is 1. The minimum atomic E-state index is -0.544. The van der Waals surface area contributed by atoms with Crippen LogP contribution in [0.15, 0.2) is 52.4 Å². The van der Waals surface area contributed by atoms with Crippen molar-refractivity contribution in [3.05, 3.63) is 75.3 Å². The second-order valence-corrected chi connectivity index (χ2v) is 8.09. The van der Waals surface area contributed by atoms with Gasteiger partial charge in [0.1, 0.15) is 11.6 Å². The summed E-state index contributed by atoms with van der Waals surface area (Å²) in [5.41, 5.74) is 1.18. The van der Waals surface area contributed by atoms with Crippen molar-refractivity contribution in [3.63, 3.8) is 0 Å². The number of halogens is 1. The number of methoxy groups -OCH3 is 1. The molecule has 1 amide bonds. The number of aromatic nitrogens is 2. The summed E-state index contributed by atoms with van der Waals surface area (Å²) in [6, 6.07) is 11.8. The maximum Gasteiger partial charge on any atom is 0.257 e. The third kappa shape index (κ3) is 4.34. The van der Waals surface area contributed by atoms with E-state index in [0.29, 0.717) is 40.0 Å². The number of aromatic amines is 1. The van der Waals surface area contributed by atoms with Gasteiger partial charge >= 0.3 is 0 Å². The summed E-state index contributed by atoms with van der Waals surface area (Å²) in [5.74, 6) is 0.398. The molecule has 32 heavy (non-hydrogen) atoms. The molecule has 0 aliphatic carbocycles. The predicted molar refractivity (Wildman–Crippen MR) is 120 cm³/mol. The number of benzene rings is 2. The fraction of sp³-hybridized carbons (Fsp3) is 0.261. The molecule has 7 nitrogen and oxygen atoms in total. The van der Waals surface area contributed by atoms with Crippen LogP contribution in [0.1, 0.15) is 36.0 Å². The van der Waals surface area contributed by atoms with Gasteiger partial charge in [0.15, 0.2) is 16.7 Å². The zero-order valence-electron chi connectivity index (χ0n) is 17.6. The second kappa shape index (κ2) is 9.44. The topological polar surface area (TPSA) is 93.3 Å². The highest BCUT2D eigenvalue weighted by Crippen LogP contribution is 2.42. The molecule has 1 aliphatic heterocycles. The third-order valence-corrected chi connectivity index (χ3v) is 6.07. The van der Waals surface area contributed by atoms with Gasteiger partial charge in [0.05, 0.1) is 19.3 Å². The number of fused-ring (bicyclic) bond motifs is 1. The van der Waals surface area contributed by atoms with E-state index in [1.807, 2.05) is 13.0 Å². The SMILES string of the molecule is CCOc1c(OC)cccc1C1CC(=O)Nc2nc(SCc3ccccc3F)[nH]c(=O)c21. The molecule has 166 valence electrons. The Morgan fingerprint density at radius 1 is 1.19 bits per heavy atom. The van der Waals surface area contributed by atoms with Crippen LogP contribution in [-0.2, 0) is 10.5 Å². The van der Waals surface area contributed by atoms with E-state index < -0.39 is 5.92 Å². The number of carbonyl (C=O) groups excluding carboxylic acids is 1. The first kappa shape index (κ1) is 21.9. The molecule has 0 saturated heterocycles. The molecule has 1 aromatic heterocycles. The van der Waals surface area contributed by atoms with Crippen molar-refractivity contribution in [1.82, 2.24) is 9.97 Å². The van der Waals surface area contributed by atoms with E-state index >= 15 is 0 Å². The molecular weight excluding hydrogens is 433 g/mol. The number of H-pyrrole nitrogens is 1. The van der Waals surface area contributed by atoms with Crippen molar-refractivity contribution in [1.29, 1.82) is 0 Å². The minimum absolute atomic E-state index is 0.0761. The Bertz CT molecular complexity index is 1210. The van der Waals surface area contributed by atoms with Crippen LogP contribution in [0.25, 0.3) is 0 Å². The summed E-state index contributed by atoms with van der Waals surface area (Å²) in [4.78, 5) is 32.8. The summed E-state index contributed by atoms with van der Waals surface area (Å²) in [6.07, 6.45) is 0.0761. The molecule has 0 bridgehead atoms. The first-order valence-corrected chi connectivity index (χ1v) is 11.1. The lowest BCUT2D eigenvalue weighted by Gasteiger charge is -2.26. The first-order chi connectivity index (χ1) is 15.5. The number of thioether (sulfide) groups is 1. The standard InChI is InChI=1S/C23H22FN3O4S/c1-3-31-20-14(8-6-10-17(20)30-2)15-11-18(28)25-21-19(15)22(29)27-23(26-21)32-12-13-7-4-5-9-16(13)24/h4-10,15H,3,11-12H2,1-2H3,(H2,25,26,27,28,29). The number of hydrogen-bond acceptors (Lipinski definition) is 6. The quantitative estimate of drug-likeness (QED) is 0.412. The van der Waals surface area contributed by atoms with Gasteiger partial charge in [0, 0.05) is 23.7 Å². The van der Waals surface area contributed by atoms with Crippen molar-refractivity contribution in [3.8, 4) is 11.5 Å². The van der Waals surface area contributed by atoms with E-state index in [9.17, 15) is 14.0 Å². The van der Waals surface area contributed by atoms with Crippen LogP contribution < -0.4 is 20.3 Å². The number of hydrogen-bond donors (Lipinski definition) is 2. The highest BCUT2D eigenvalue weighted by molar-refractivity contribution is 7.98. The van der Waals surface area contributed by atoms with E-state index in [0.717, 1.165) is 0 Å². The number of amides is 1. The number of ether oxygens (including phenoxy) is 2. The van der Waals surface area contributed by atoms with Crippen molar-refractivity contribution >= 4 is 23.5 Å². The van der Waals surface area contributed by atoms with Crippen molar-refractivity contribution < 1.29 is 18.7 Å². The number of rotatable bonds is 7. The van der Waals surface area contributed by atoms with Crippen LogP contribution in [0.2, 0.25) is 0 Å². The third-order valence-electron chi connectivity index (χ3n) is 5.14. The maximum atomic E-state index is 13.9. The monoisotopic (exact) mass is 455 g/mol. The van der Waals surface area contributed by atoms with Gasteiger partial charge in [-0.1, -0.05) is 42.1 Å². The summed E-state index contributed by atoms with van der Waals surface area (Å²) in [5, 5.41) is 3.00. The molecule has 0 fully saturated rings. The summed E-state index contributed by atoms with van der Waals surface area (Å²) < 4.78 is 25.1. The van der Waals surface area contributed by atoms with Crippen molar-refractivity contribution in [2.75, 3.05) is 19.0 Å². The highest BCUT2D eigenvalue weighted by atomic mass is 32.2. The van der Waals surface area contributed by atoms with Gasteiger partial charge < -0.3 is 19.8 Å². The zero-order valence-corrected chi connectivity index (χ0v) is 18.4. The van der Waals surface area contributed by atoms with Gasteiger partial charge in [-0.2, -0.15) is 0 Å². The van der Waals surface area contributed by atoms with E-state index in [1.54, 1.807) is 30.3 Å². The molecule has 4 rings (SSSR count). The number of nitrogens with zero attached hydrogens (tertiary/aromatic N) is 1. The predicted octanol–water partition coefficient (Wildman–Crippen LogP) is 4.08. The molecule has 2 heterocycles. The largest absolute Gasteiger partial charge is 0.493 e. The molecule has 0 radical (unpaired) electrons. The lowest BCUT2D eigenvalue weighted by Crippen LogP contribution is -2.31. The van der Waals surface area contributed by atoms with Gasteiger partial charge in [-0.15, -0.1) is 0 Å². The van der Waals surface area contributed by atoms with Crippen LogP contribution in [0.3, 0.4) is 0 Å². The Labute approximate surface area is 188 Å². The number of anilines is 1. The molecule has 1 aliphatic rings. The van der Waals surface area contributed by atoms with Gasteiger partial charge in [0.25, 0.3) is 5.56 Å². The Kier molecular flexibility index (Phi) is 6.45. The average Bonchev–Trinajstić information content (AvgIpc) is 2.78. The highest BCUT2D eigenvalue weighted by Gasteiger charge is 2.33. The van der Waals surface area contributed by atoms with Crippen molar-refractivity contribution in [2.24, 2.45) is 0 Å². The van der Waals surface area contributed by atoms with Crippen LogP contribution in [-0.4, -0.2) is 29.6 Å². The Hall–Kier alpha value is -3.33. The van der Waals surface area contributed by atoms with Gasteiger partial charge in [-0.3, -0.25) is 9.59 Å². The van der Waals surface area contributed by atoms with Crippen LogP contribution in [0.5, 0.6) is 11.5 Å². The van der Waals surface area contributed by atoms with Gasteiger partial charge in [-0.05, 0) is 24.6 Å². The molecule has 2 aromatic carbocycles. The molecule has 1 unspecified atom stereocenters. The Morgan fingerprint density at radius 3 is 2.75 bits per heavy atom. The molecule has 0 spiro atoms. The minimum Gasteiger partial charge on any atom is -0.493 e. The molecule has 3 aromatic rings. The molecular formula is C23H22FN3O4S. The second-order valence-electron chi connectivity index (χ2n) is 7.13. The zero-order chi connectivity index (χ0) is 22.7. The Balaban J connectivity index is 1.72.